The van der Waals surface area contributed by atoms with Crippen molar-refractivity contribution in [3.8, 4) is 6.07 Å². The Morgan fingerprint density at radius 3 is 2.33 bits per heavy atom. The van der Waals surface area contributed by atoms with E-state index < -0.39 is 0 Å². The van der Waals surface area contributed by atoms with Gasteiger partial charge in [0.15, 0.2) is 0 Å². The maximum absolute atomic E-state index is 13.4. The van der Waals surface area contributed by atoms with Crippen molar-refractivity contribution < 1.29 is 9.18 Å². The molecule has 0 bridgehead atoms. The molecule has 2 aromatic carbocycles. The normalized spacial score (nSPS) is 16.6. The van der Waals surface area contributed by atoms with Crippen molar-refractivity contribution >= 4 is 51.8 Å². The molecule has 1 aromatic heterocycles. The number of anilines is 2. The highest BCUT2D eigenvalue weighted by Crippen LogP contribution is 2.36. The Kier molecular flexibility index (Phi) is 8.05. The van der Waals surface area contributed by atoms with Crippen LogP contribution in [0.1, 0.15) is 22.3 Å². The predicted molar refractivity (Wildman–Crippen MR) is 162 cm³/mol. The van der Waals surface area contributed by atoms with E-state index in [1.807, 2.05) is 30.3 Å². The van der Waals surface area contributed by atoms with Gasteiger partial charge in [-0.05, 0) is 54.8 Å². The third-order valence-electron chi connectivity index (χ3n) is 7.35. The number of carbonyl (C=O) groups is 1. The van der Waals surface area contributed by atoms with Crippen molar-refractivity contribution in [2.75, 3.05) is 42.5 Å². The summed E-state index contributed by atoms with van der Waals surface area (Å²) in [5, 5.41) is 9.77. The first kappa shape index (κ1) is 27.6. The number of benzene rings is 2. The zero-order valence-electron chi connectivity index (χ0n) is 22.3. The van der Waals surface area contributed by atoms with E-state index in [1.165, 1.54) is 28.5 Å². The summed E-state index contributed by atoms with van der Waals surface area (Å²) in [6, 6.07) is 18.4. The van der Waals surface area contributed by atoms with E-state index in [1.54, 1.807) is 37.1 Å². The Labute approximate surface area is 242 Å². The van der Waals surface area contributed by atoms with Crippen LogP contribution in [0.3, 0.4) is 0 Å². The van der Waals surface area contributed by atoms with E-state index in [0.29, 0.717) is 65.3 Å². The summed E-state index contributed by atoms with van der Waals surface area (Å²) in [6.45, 7) is 4.77. The van der Waals surface area contributed by atoms with Gasteiger partial charge in [-0.15, -0.1) is 0 Å². The molecule has 0 unspecified atom stereocenters. The molecule has 40 heavy (non-hydrogen) atoms. The van der Waals surface area contributed by atoms with Gasteiger partial charge in [-0.3, -0.25) is 19.1 Å². The number of nitriles is 1. The Hall–Kier alpha value is -3.94. The van der Waals surface area contributed by atoms with Gasteiger partial charge in [0, 0.05) is 51.0 Å². The molecule has 2 fully saturated rings. The number of amides is 1. The quantitative estimate of drug-likeness (QED) is 0.318. The van der Waals surface area contributed by atoms with Crippen molar-refractivity contribution in [2.45, 2.75) is 13.3 Å². The molecular formula is C30H28FN5O2S2. The van der Waals surface area contributed by atoms with Crippen LogP contribution < -0.4 is 15.4 Å². The standard InChI is InChI=1S/C30H28FN5O2S2/c1-20-24(18-26-29(38)36(30(39)40-26)13-12-21-6-4-3-5-7-21)27(33(2)28(37)25(20)19-32)35-16-14-34(15-17-35)23-10-8-22(31)9-11-23/h3-11,18H,12-17H2,1-2H3/b26-18+. The molecule has 1 amide bonds. The van der Waals surface area contributed by atoms with Crippen molar-refractivity contribution in [1.82, 2.24) is 9.47 Å². The molecule has 2 aliphatic rings. The molecule has 5 rings (SSSR count). The van der Waals surface area contributed by atoms with Crippen LogP contribution in [0.25, 0.3) is 6.08 Å². The molecule has 2 aliphatic heterocycles. The number of thiocarbonyl (C=S) groups is 1. The van der Waals surface area contributed by atoms with Crippen LogP contribution in [0.4, 0.5) is 15.9 Å². The summed E-state index contributed by atoms with van der Waals surface area (Å²) in [4.78, 5) is 32.9. The lowest BCUT2D eigenvalue weighted by atomic mass is 10.0. The van der Waals surface area contributed by atoms with Crippen molar-refractivity contribution in [3.05, 3.63) is 97.9 Å². The number of hydrogen-bond donors (Lipinski definition) is 0. The van der Waals surface area contributed by atoms with Gasteiger partial charge >= 0.3 is 0 Å². The minimum atomic E-state index is -0.372. The smallest absolute Gasteiger partial charge is 0.270 e. The molecular weight excluding hydrogens is 545 g/mol. The van der Waals surface area contributed by atoms with Gasteiger partial charge < -0.3 is 9.80 Å². The molecule has 0 saturated carbocycles. The third kappa shape index (κ3) is 5.40. The van der Waals surface area contributed by atoms with Crippen LogP contribution in [0, 0.1) is 24.1 Å². The first-order chi connectivity index (χ1) is 19.3. The first-order valence-corrected chi connectivity index (χ1v) is 14.2. The molecule has 3 heterocycles. The number of pyridine rings is 1. The fraction of sp³-hybridized carbons (Fsp3) is 0.267. The molecule has 10 heteroatoms. The number of nitrogens with zero attached hydrogens (tertiary/aromatic N) is 5. The Balaban J connectivity index is 1.45. The second-order valence-corrected chi connectivity index (χ2v) is 11.4. The Morgan fingerprint density at radius 2 is 1.68 bits per heavy atom. The van der Waals surface area contributed by atoms with Crippen LogP contribution in [-0.4, -0.2) is 52.4 Å². The van der Waals surface area contributed by atoms with Gasteiger partial charge in [0.1, 0.15) is 27.6 Å². The minimum absolute atomic E-state index is 0.0574. The SMILES string of the molecule is Cc1c(/C=C2/SC(=S)N(CCc3ccccc3)C2=O)c(N2CCN(c3ccc(F)cc3)CC2)n(C)c(=O)c1C#N. The van der Waals surface area contributed by atoms with E-state index in [9.17, 15) is 19.2 Å². The van der Waals surface area contributed by atoms with Gasteiger partial charge in [-0.1, -0.05) is 54.3 Å². The largest absolute Gasteiger partial charge is 0.368 e. The third-order valence-corrected chi connectivity index (χ3v) is 8.73. The molecule has 0 atom stereocenters. The number of rotatable bonds is 6. The minimum Gasteiger partial charge on any atom is -0.368 e. The van der Waals surface area contributed by atoms with Gasteiger partial charge in [0.05, 0.1) is 4.91 Å². The Bertz CT molecular complexity index is 1590. The van der Waals surface area contributed by atoms with E-state index >= 15 is 0 Å². The molecule has 7 nitrogen and oxygen atoms in total. The highest BCUT2D eigenvalue weighted by molar-refractivity contribution is 8.26. The average Bonchev–Trinajstić information content (AvgIpc) is 3.23. The summed E-state index contributed by atoms with van der Waals surface area (Å²) in [6.07, 6.45) is 2.46. The maximum Gasteiger partial charge on any atom is 0.270 e. The first-order valence-electron chi connectivity index (χ1n) is 13.0. The number of aromatic nitrogens is 1. The highest BCUT2D eigenvalue weighted by Gasteiger charge is 2.33. The molecule has 0 spiro atoms. The van der Waals surface area contributed by atoms with Crippen LogP contribution in [0.15, 0.2) is 64.3 Å². The van der Waals surface area contributed by atoms with Crippen LogP contribution >= 0.6 is 24.0 Å². The van der Waals surface area contributed by atoms with E-state index in [2.05, 4.69) is 15.9 Å². The molecule has 0 N–H and O–H groups in total. The van der Waals surface area contributed by atoms with Crippen molar-refractivity contribution in [2.24, 2.45) is 7.05 Å². The van der Waals surface area contributed by atoms with Crippen LogP contribution in [0.2, 0.25) is 0 Å². The zero-order valence-corrected chi connectivity index (χ0v) is 23.9. The molecule has 0 aliphatic carbocycles. The van der Waals surface area contributed by atoms with Crippen molar-refractivity contribution in [1.29, 1.82) is 5.26 Å². The molecule has 204 valence electrons. The molecule has 3 aromatic rings. The van der Waals surface area contributed by atoms with E-state index in [4.69, 9.17) is 12.2 Å². The van der Waals surface area contributed by atoms with Crippen LogP contribution in [-0.2, 0) is 18.3 Å². The van der Waals surface area contributed by atoms with Crippen LogP contribution in [0.5, 0.6) is 0 Å². The predicted octanol–water partition coefficient (Wildman–Crippen LogP) is 4.48. The average molecular weight is 574 g/mol. The number of hydrogen-bond acceptors (Lipinski definition) is 7. The summed E-state index contributed by atoms with van der Waals surface area (Å²) in [5.74, 6) is 0.208. The summed E-state index contributed by atoms with van der Waals surface area (Å²) in [5.41, 5.74) is 2.94. The zero-order chi connectivity index (χ0) is 28.4. The fourth-order valence-corrected chi connectivity index (χ4v) is 6.42. The summed E-state index contributed by atoms with van der Waals surface area (Å²) < 4.78 is 15.4. The number of thioether (sulfide) groups is 1. The van der Waals surface area contributed by atoms with Gasteiger partial charge in [-0.2, -0.15) is 5.26 Å². The summed E-state index contributed by atoms with van der Waals surface area (Å²) >= 11 is 6.80. The molecule has 0 radical (unpaired) electrons. The monoisotopic (exact) mass is 573 g/mol. The number of piperazine rings is 1. The number of halogens is 1. The number of carbonyl (C=O) groups excluding carboxylic acids is 1. The van der Waals surface area contributed by atoms with Gasteiger partial charge in [0.25, 0.3) is 11.5 Å². The lowest BCUT2D eigenvalue weighted by molar-refractivity contribution is -0.122. The van der Waals surface area contributed by atoms with E-state index in [0.717, 1.165) is 11.3 Å². The summed E-state index contributed by atoms with van der Waals surface area (Å²) in [7, 11) is 1.66. The molecule has 2 saturated heterocycles. The Morgan fingerprint density at radius 1 is 1.02 bits per heavy atom. The van der Waals surface area contributed by atoms with Crippen molar-refractivity contribution in [3.63, 3.8) is 0 Å². The second kappa shape index (κ2) is 11.7. The maximum atomic E-state index is 13.4. The fourth-order valence-electron chi connectivity index (χ4n) is 5.13. The lowest BCUT2D eigenvalue weighted by Gasteiger charge is -2.38. The second-order valence-electron chi connectivity index (χ2n) is 9.73. The lowest BCUT2D eigenvalue weighted by Crippen LogP contribution is -2.48. The van der Waals surface area contributed by atoms with Gasteiger partial charge in [0.2, 0.25) is 0 Å². The van der Waals surface area contributed by atoms with E-state index in [-0.39, 0.29) is 22.8 Å². The highest BCUT2D eigenvalue weighted by atomic mass is 32.2. The van der Waals surface area contributed by atoms with Gasteiger partial charge in [-0.25, -0.2) is 4.39 Å². The topological polar surface area (TPSA) is 72.6 Å².